The molecule has 1 aliphatic heterocycles. The second kappa shape index (κ2) is 13.6. The molecule has 1 aromatic heterocycles. The highest BCUT2D eigenvalue weighted by molar-refractivity contribution is 8.15. The number of methoxy groups -OCH3 is 1. The first-order chi connectivity index (χ1) is 21.9. The van der Waals surface area contributed by atoms with Crippen molar-refractivity contribution in [1.29, 1.82) is 0 Å². The van der Waals surface area contributed by atoms with Gasteiger partial charge in [0.15, 0.2) is 11.0 Å². The zero-order valence-electron chi connectivity index (χ0n) is 25.1. The summed E-state index contributed by atoms with van der Waals surface area (Å²) in [7, 11) is 1.54. The molecule has 3 amide bonds. The molecule has 3 aromatic carbocycles. The number of anilines is 1. The third-order valence-electron chi connectivity index (χ3n) is 6.85. The lowest BCUT2D eigenvalue weighted by molar-refractivity contribution is -0.274. The van der Waals surface area contributed by atoms with Gasteiger partial charge >= 0.3 is 12.4 Å². The maximum absolute atomic E-state index is 12.8. The Morgan fingerprint density at radius 3 is 2.37 bits per heavy atom. The highest BCUT2D eigenvalue weighted by atomic mass is 32.2. The van der Waals surface area contributed by atoms with Gasteiger partial charge in [-0.15, -0.1) is 18.3 Å². The van der Waals surface area contributed by atoms with Gasteiger partial charge in [0.1, 0.15) is 23.9 Å². The molecule has 46 heavy (non-hydrogen) atoms. The number of hydroxylamine groups is 1. The summed E-state index contributed by atoms with van der Waals surface area (Å²) in [4.78, 5) is 40.9. The first-order valence-electron chi connectivity index (χ1n) is 14.0. The molecule has 5 rings (SSSR count). The molecule has 0 radical (unpaired) electrons. The van der Waals surface area contributed by atoms with Crippen LogP contribution in [-0.2, 0) is 9.63 Å². The van der Waals surface area contributed by atoms with Gasteiger partial charge in [0.2, 0.25) is 5.91 Å². The number of nitrogens with one attached hydrogen (secondary N) is 1. The zero-order valence-corrected chi connectivity index (χ0v) is 25.9. The molecule has 1 atom stereocenters. The number of carbonyl (C=O) groups excluding carboxylic acids is 2. The number of hydrogen-bond donors (Lipinski definition) is 1. The van der Waals surface area contributed by atoms with Gasteiger partial charge < -0.3 is 9.47 Å². The topological polar surface area (TPSA) is 120 Å². The molecule has 1 unspecified atom stereocenters. The molecule has 1 aliphatic rings. The summed E-state index contributed by atoms with van der Waals surface area (Å²) in [5.41, 5.74) is 5.78. The molecule has 1 saturated heterocycles. The van der Waals surface area contributed by atoms with Crippen molar-refractivity contribution < 1.29 is 37.1 Å². The van der Waals surface area contributed by atoms with E-state index in [0.717, 1.165) is 22.9 Å². The molecule has 11 nitrogen and oxygen atoms in total. The van der Waals surface area contributed by atoms with Gasteiger partial charge in [-0.25, -0.2) is 19.9 Å². The fourth-order valence-corrected chi connectivity index (χ4v) is 5.41. The maximum Gasteiger partial charge on any atom is 0.573 e. The van der Waals surface area contributed by atoms with Gasteiger partial charge in [-0.1, -0.05) is 55.9 Å². The zero-order chi connectivity index (χ0) is 33.0. The first-order valence-corrected chi connectivity index (χ1v) is 15.0. The number of alkyl halides is 3. The lowest BCUT2D eigenvalue weighted by Crippen LogP contribution is -2.32. The van der Waals surface area contributed by atoms with Crippen molar-refractivity contribution in [3.05, 3.63) is 84.2 Å². The van der Waals surface area contributed by atoms with E-state index in [0.29, 0.717) is 28.5 Å². The minimum atomic E-state index is -4.77. The van der Waals surface area contributed by atoms with E-state index in [9.17, 15) is 22.8 Å². The van der Waals surface area contributed by atoms with Crippen LogP contribution in [0.1, 0.15) is 43.9 Å². The number of rotatable bonds is 9. The van der Waals surface area contributed by atoms with E-state index in [-0.39, 0.29) is 28.5 Å². The van der Waals surface area contributed by atoms with Gasteiger partial charge in [0.05, 0.1) is 24.2 Å². The van der Waals surface area contributed by atoms with Crippen LogP contribution in [0.3, 0.4) is 0 Å². The summed E-state index contributed by atoms with van der Waals surface area (Å²) in [5, 5.41) is 4.63. The largest absolute Gasteiger partial charge is 0.573 e. The molecule has 1 N–H and O–H groups in total. The van der Waals surface area contributed by atoms with E-state index in [1.807, 2.05) is 26.0 Å². The minimum absolute atomic E-state index is 0.110. The average molecular weight is 655 g/mol. The number of urea groups is 1. The predicted octanol–water partition coefficient (Wildman–Crippen LogP) is 6.80. The number of halogens is 3. The highest BCUT2D eigenvalue weighted by Crippen LogP contribution is 2.36. The highest BCUT2D eigenvalue weighted by Gasteiger charge is 2.33. The number of hydrogen-bond acceptors (Lipinski definition) is 8. The van der Waals surface area contributed by atoms with Crippen molar-refractivity contribution in [3.8, 4) is 28.6 Å². The van der Waals surface area contributed by atoms with Crippen LogP contribution in [0.5, 0.6) is 11.5 Å². The van der Waals surface area contributed by atoms with E-state index in [4.69, 9.17) is 9.57 Å². The summed E-state index contributed by atoms with van der Waals surface area (Å²) in [6.45, 7) is 5.76. The van der Waals surface area contributed by atoms with Gasteiger partial charge in [0.25, 0.3) is 0 Å². The minimum Gasteiger partial charge on any atom is -0.497 e. The molecule has 15 heteroatoms. The lowest BCUT2D eigenvalue weighted by atomic mass is 10.00. The summed E-state index contributed by atoms with van der Waals surface area (Å²) < 4.78 is 47.9. The number of amides is 3. The van der Waals surface area contributed by atoms with E-state index >= 15 is 0 Å². The molecule has 1 fully saturated rings. The Bertz CT molecular complexity index is 1740. The number of aromatic nitrogens is 3. The molecule has 0 bridgehead atoms. The first kappa shape index (κ1) is 32.5. The fraction of sp³-hybridized carbons (Fsp3) is 0.258. The van der Waals surface area contributed by atoms with Crippen molar-refractivity contribution >= 4 is 34.6 Å². The van der Waals surface area contributed by atoms with Crippen LogP contribution >= 0.6 is 11.8 Å². The molecule has 0 aliphatic carbocycles. The summed E-state index contributed by atoms with van der Waals surface area (Å²) in [6.07, 6.45) is -3.88. The van der Waals surface area contributed by atoms with Crippen molar-refractivity contribution in [1.82, 2.24) is 20.2 Å². The van der Waals surface area contributed by atoms with Crippen LogP contribution in [-0.4, -0.2) is 51.1 Å². The van der Waals surface area contributed by atoms with Crippen molar-refractivity contribution in [2.45, 2.75) is 39.2 Å². The molecular weight excluding hydrogens is 625 g/mol. The number of aliphatic imine (C=N–C) groups is 1. The van der Waals surface area contributed by atoms with Crippen molar-refractivity contribution in [3.63, 3.8) is 0 Å². The van der Waals surface area contributed by atoms with Crippen LogP contribution in [0.15, 0.2) is 78.0 Å². The number of amidine groups is 1. The fourth-order valence-electron chi connectivity index (χ4n) is 4.55. The van der Waals surface area contributed by atoms with E-state index in [2.05, 4.69) is 25.3 Å². The smallest absolute Gasteiger partial charge is 0.497 e. The molecule has 4 aromatic rings. The Balaban J connectivity index is 1.21. The number of thioether (sulfide) groups is 1. The Hall–Kier alpha value is -4.89. The predicted molar refractivity (Wildman–Crippen MR) is 166 cm³/mol. The Kier molecular flexibility index (Phi) is 9.63. The van der Waals surface area contributed by atoms with Crippen molar-refractivity contribution in [2.75, 3.05) is 17.8 Å². The van der Waals surface area contributed by atoms with Crippen LogP contribution in [0.25, 0.3) is 17.1 Å². The standard InChI is InChI=1S/C31H29F3N6O5S/c1-18(2)25-14-13-24(43-4)15-26(25)40-27(41)16-46-30(40)36-29(42)38-45-19(3)20-5-7-21(8-6-20)28-35-17-39(37-28)22-9-11-23(12-10-22)44-31(32,33)34/h5-15,17-19H,16H2,1-4H3,(H,38,42). The maximum atomic E-state index is 12.8. The van der Waals surface area contributed by atoms with Crippen LogP contribution in [0, 0.1) is 0 Å². The number of benzene rings is 3. The van der Waals surface area contributed by atoms with Gasteiger partial charge in [-0.2, -0.15) is 4.99 Å². The normalized spacial score (nSPS) is 15.0. The number of nitrogens with zero attached hydrogens (tertiary/aromatic N) is 5. The molecule has 240 valence electrons. The second-order valence-electron chi connectivity index (χ2n) is 10.3. The Morgan fingerprint density at radius 1 is 1.02 bits per heavy atom. The molecular formula is C31H29F3N6O5S. The van der Waals surface area contributed by atoms with Crippen LogP contribution in [0.4, 0.5) is 23.7 Å². The van der Waals surface area contributed by atoms with Gasteiger partial charge in [0, 0.05) is 11.6 Å². The van der Waals surface area contributed by atoms with Crippen LogP contribution in [0.2, 0.25) is 0 Å². The van der Waals surface area contributed by atoms with Crippen molar-refractivity contribution in [2.24, 2.45) is 4.99 Å². The van der Waals surface area contributed by atoms with Gasteiger partial charge in [-0.05, 0) is 54.3 Å². The number of carbonyl (C=O) groups is 2. The average Bonchev–Trinajstić information content (AvgIpc) is 3.66. The monoisotopic (exact) mass is 654 g/mol. The third-order valence-corrected chi connectivity index (χ3v) is 7.77. The summed E-state index contributed by atoms with van der Waals surface area (Å²) in [6, 6.07) is 17.1. The number of ether oxygens (including phenoxy) is 2. The molecule has 0 saturated carbocycles. The second-order valence-corrected chi connectivity index (χ2v) is 11.3. The Labute approximate surface area is 266 Å². The van der Waals surface area contributed by atoms with E-state index in [1.54, 1.807) is 44.4 Å². The van der Waals surface area contributed by atoms with E-state index in [1.165, 1.54) is 40.2 Å². The Morgan fingerprint density at radius 2 is 1.72 bits per heavy atom. The lowest BCUT2D eigenvalue weighted by Gasteiger charge is -2.22. The summed E-state index contributed by atoms with van der Waals surface area (Å²) in [5.74, 6) is 0.682. The van der Waals surface area contributed by atoms with E-state index < -0.39 is 18.5 Å². The van der Waals surface area contributed by atoms with Crippen LogP contribution < -0.4 is 19.9 Å². The third kappa shape index (κ3) is 7.66. The quantitative estimate of drug-likeness (QED) is 0.196. The summed E-state index contributed by atoms with van der Waals surface area (Å²) >= 11 is 1.16. The SMILES string of the molecule is COc1ccc(C(C)C)c(N2C(=O)CSC2=NC(=O)NOC(C)c2ccc(-c3ncn(-c4ccc(OC(F)(F)F)cc4)n3)cc2)c1. The molecule has 0 spiro atoms. The van der Waals surface area contributed by atoms with Gasteiger partial charge in [-0.3, -0.25) is 14.5 Å². The molecule has 2 heterocycles.